The number of carboxylic acids is 1. The molecule has 0 aromatic heterocycles. The van der Waals surface area contributed by atoms with E-state index < -0.39 is 36.0 Å². The number of nitrogens with one attached hydrogen (secondary N) is 1. The van der Waals surface area contributed by atoms with Gasteiger partial charge in [-0.05, 0) is 31.6 Å². The highest BCUT2D eigenvalue weighted by Gasteiger charge is 2.53. The highest BCUT2D eigenvalue weighted by atomic mass is 16.6. The van der Waals surface area contributed by atoms with Crippen LogP contribution in [0, 0.1) is 0 Å². The molecule has 1 heterocycles. The Labute approximate surface area is 155 Å². The summed E-state index contributed by atoms with van der Waals surface area (Å²) >= 11 is 0. The van der Waals surface area contributed by atoms with Gasteiger partial charge in [-0.15, -0.1) is 0 Å². The number of esters is 1. The van der Waals surface area contributed by atoms with Crippen LogP contribution in [0.25, 0.3) is 0 Å². The first kappa shape index (κ1) is 20.0. The zero-order valence-corrected chi connectivity index (χ0v) is 15.1. The van der Waals surface area contributed by atoms with Crippen molar-refractivity contribution in [1.29, 1.82) is 0 Å². The number of carbonyl (C=O) groups excluding carboxylic acids is 3. The Morgan fingerprint density at radius 1 is 1.15 bits per heavy atom. The number of likely N-dealkylation sites (tertiary alicyclic amines) is 1. The minimum absolute atomic E-state index is 0.294. The molecule has 9 heteroatoms. The molecular formula is C18H20N2O7. The van der Waals surface area contributed by atoms with Crippen LogP contribution in [0.5, 0.6) is 5.75 Å². The van der Waals surface area contributed by atoms with Crippen LogP contribution in [-0.2, 0) is 23.9 Å². The first-order valence-corrected chi connectivity index (χ1v) is 8.10. The first-order valence-electron chi connectivity index (χ1n) is 8.10. The van der Waals surface area contributed by atoms with Crippen LogP contribution in [0.1, 0.15) is 20.8 Å². The lowest BCUT2D eigenvalue weighted by Gasteiger charge is -2.45. The van der Waals surface area contributed by atoms with Gasteiger partial charge in [0.25, 0.3) is 11.8 Å². The maximum Gasteiger partial charge on any atom is 0.352 e. The normalized spacial score (nSPS) is 18.2. The molecule has 27 heavy (non-hydrogen) atoms. The standard InChI is InChI=1S/C18H20N2O7/c1-10(2)15(18(24)25)20-16(23)14(17(20)27-11(3)21)19-13(22)9-26-12-7-5-4-6-8-12/h4-8,14,17H,9H2,1-3H3,(H,19,22)(H,24,25)/t14-,17+/m1/s1. The van der Waals surface area contributed by atoms with E-state index in [1.165, 1.54) is 13.8 Å². The molecule has 0 saturated carbocycles. The second-order valence-electron chi connectivity index (χ2n) is 6.01. The van der Waals surface area contributed by atoms with Crippen molar-refractivity contribution in [2.24, 2.45) is 0 Å². The topological polar surface area (TPSA) is 122 Å². The molecule has 0 radical (unpaired) electrons. The number of nitrogens with zero attached hydrogens (tertiary/aromatic N) is 1. The van der Waals surface area contributed by atoms with Crippen molar-refractivity contribution in [3.8, 4) is 5.75 Å². The van der Waals surface area contributed by atoms with Gasteiger partial charge in [0.15, 0.2) is 12.6 Å². The van der Waals surface area contributed by atoms with Gasteiger partial charge < -0.3 is 19.9 Å². The van der Waals surface area contributed by atoms with Gasteiger partial charge in [0.2, 0.25) is 6.23 Å². The quantitative estimate of drug-likeness (QED) is 0.407. The lowest BCUT2D eigenvalue weighted by molar-refractivity contribution is -0.188. The SMILES string of the molecule is CC(=O)O[C@H]1[C@H](NC(=O)COc2ccccc2)C(=O)N1C(C(=O)O)=C(C)C. The Kier molecular flexibility index (Phi) is 6.17. The predicted octanol–water partition coefficient (Wildman–Crippen LogP) is 0.660. The van der Waals surface area contributed by atoms with Crippen molar-refractivity contribution in [2.45, 2.75) is 33.0 Å². The Hall–Kier alpha value is -3.36. The second kappa shape index (κ2) is 8.35. The molecule has 0 unspecified atom stereocenters. The fraction of sp³-hybridized carbons (Fsp3) is 0.333. The van der Waals surface area contributed by atoms with E-state index in [9.17, 15) is 24.3 Å². The van der Waals surface area contributed by atoms with Crippen molar-refractivity contribution in [3.63, 3.8) is 0 Å². The Morgan fingerprint density at radius 3 is 2.30 bits per heavy atom. The Morgan fingerprint density at radius 2 is 1.78 bits per heavy atom. The Balaban J connectivity index is 2.08. The fourth-order valence-corrected chi connectivity index (χ4v) is 2.56. The molecule has 2 atom stereocenters. The fourth-order valence-electron chi connectivity index (χ4n) is 2.56. The number of ether oxygens (including phenoxy) is 2. The first-order chi connectivity index (χ1) is 12.7. The molecule has 1 aliphatic rings. The molecule has 0 aliphatic carbocycles. The molecule has 2 amide bonds. The number of allylic oxidation sites excluding steroid dienone is 1. The van der Waals surface area contributed by atoms with Gasteiger partial charge >= 0.3 is 11.9 Å². The molecule has 1 aliphatic heterocycles. The van der Waals surface area contributed by atoms with Crippen molar-refractivity contribution in [1.82, 2.24) is 10.2 Å². The van der Waals surface area contributed by atoms with E-state index >= 15 is 0 Å². The molecule has 9 nitrogen and oxygen atoms in total. The van der Waals surface area contributed by atoms with Crippen molar-refractivity contribution >= 4 is 23.8 Å². The molecule has 2 N–H and O–H groups in total. The van der Waals surface area contributed by atoms with Gasteiger partial charge in [0, 0.05) is 6.92 Å². The van der Waals surface area contributed by atoms with Crippen molar-refractivity contribution in [3.05, 3.63) is 41.6 Å². The van der Waals surface area contributed by atoms with Crippen LogP contribution in [0.2, 0.25) is 0 Å². The maximum atomic E-state index is 12.4. The number of carbonyl (C=O) groups is 4. The largest absolute Gasteiger partial charge is 0.484 e. The zero-order chi connectivity index (χ0) is 20.1. The smallest absolute Gasteiger partial charge is 0.352 e. The molecule has 0 spiro atoms. The summed E-state index contributed by atoms with van der Waals surface area (Å²) in [5, 5.41) is 11.7. The monoisotopic (exact) mass is 376 g/mol. The number of benzene rings is 1. The van der Waals surface area contributed by atoms with Crippen LogP contribution >= 0.6 is 0 Å². The van der Waals surface area contributed by atoms with Gasteiger partial charge in [0.05, 0.1) is 0 Å². The molecule has 1 aromatic carbocycles. The third kappa shape index (κ3) is 4.63. The number of para-hydroxylation sites is 1. The summed E-state index contributed by atoms with van der Waals surface area (Å²) in [6.45, 7) is 3.80. The molecule has 2 rings (SSSR count). The summed E-state index contributed by atoms with van der Waals surface area (Å²) in [7, 11) is 0. The third-order valence-electron chi connectivity index (χ3n) is 3.68. The molecule has 1 aromatic rings. The van der Waals surface area contributed by atoms with Crippen LogP contribution < -0.4 is 10.1 Å². The Bertz CT molecular complexity index is 784. The number of β-lactam (4-membered cyclic amide) rings is 1. The highest BCUT2D eigenvalue weighted by Crippen LogP contribution is 2.28. The van der Waals surface area contributed by atoms with E-state index in [1.807, 2.05) is 0 Å². The maximum absolute atomic E-state index is 12.4. The van der Waals surface area contributed by atoms with Crippen molar-refractivity contribution in [2.75, 3.05) is 6.61 Å². The van der Waals surface area contributed by atoms with Gasteiger partial charge in [-0.3, -0.25) is 19.3 Å². The summed E-state index contributed by atoms with van der Waals surface area (Å²) in [6, 6.07) is 7.42. The lowest BCUT2D eigenvalue weighted by Crippen LogP contribution is -2.72. The van der Waals surface area contributed by atoms with Gasteiger partial charge in [0.1, 0.15) is 11.4 Å². The van der Waals surface area contributed by atoms with E-state index in [4.69, 9.17) is 9.47 Å². The van der Waals surface area contributed by atoms with Gasteiger partial charge in [-0.25, -0.2) is 4.79 Å². The van der Waals surface area contributed by atoms with Crippen LogP contribution in [-0.4, -0.2) is 52.6 Å². The third-order valence-corrected chi connectivity index (χ3v) is 3.68. The number of hydrogen-bond acceptors (Lipinski definition) is 6. The molecule has 0 bridgehead atoms. The highest BCUT2D eigenvalue weighted by molar-refractivity contribution is 6.01. The van der Waals surface area contributed by atoms with E-state index in [-0.39, 0.29) is 12.3 Å². The average Bonchev–Trinajstić information content (AvgIpc) is 2.61. The summed E-state index contributed by atoms with van der Waals surface area (Å²) < 4.78 is 10.3. The number of amides is 2. The predicted molar refractivity (Wildman–Crippen MR) is 92.3 cm³/mol. The zero-order valence-electron chi connectivity index (χ0n) is 15.1. The summed E-state index contributed by atoms with van der Waals surface area (Å²) in [6.07, 6.45) is -1.24. The van der Waals surface area contributed by atoms with Crippen molar-refractivity contribution < 1.29 is 33.8 Å². The van der Waals surface area contributed by atoms with Gasteiger partial charge in [-0.1, -0.05) is 18.2 Å². The van der Waals surface area contributed by atoms with Gasteiger partial charge in [-0.2, -0.15) is 0 Å². The summed E-state index contributed by atoms with van der Waals surface area (Å²) in [5.41, 5.74) is 0.0578. The second-order valence-corrected chi connectivity index (χ2v) is 6.01. The summed E-state index contributed by atoms with van der Waals surface area (Å²) in [5.74, 6) is -2.87. The van der Waals surface area contributed by atoms with Crippen LogP contribution in [0.4, 0.5) is 0 Å². The number of hydrogen-bond donors (Lipinski definition) is 2. The summed E-state index contributed by atoms with van der Waals surface area (Å²) in [4.78, 5) is 48.1. The molecule has 144 valence electrons. The lowest BCUT2D eigenvalue weighted by atomic mass is 10.0. The average molecular weight is 376 g/mol. The van der Waals surface area contributed by atoms with E-state index in [2.05, 4.69) is 5.32 Å². The minimum Gasteiger partial charge on any atom is -0.484 e. The molecular weight excluding hydrogens is 356 g/mol. The number of aliphatic carboxylic acids is 1. The molecule has 1 fully saturated rings. The van der Waals surface area contributed by atoms with E-state index in [0.29, 0.717) is 11.3 Å². The van der Waals surface area contributed by atoms with Crippen LogP contribution in [0.3, 0.4) is 0 Å². The van der Waals surface area contributed by atoms with E-state index in [0.717, 1.165) is 11.8 Å². The van der Waals surface area contributed by atoms with Crippen LogP contribution in [0.15, 0.2) is 41.6 Å². The number of carboxylic acid groups (broad SMARTS) is 1. The van der Waals surface area contributed by atoms with E-state index in [1.54, 1.807) is 30.3 Å². The minimum atomic E-state index is -1.34. The molecule has 1 saturated heterocycles. The number of rotatable bonds is 7.